The lowest BCUT2D eigenvalue weighted by molar-refractivity contribution is 0.586. The van der Waals surface area contributed by atoms with E-state index in [1.165, 1.54) is 17.2 Å². The molecule has 0 aliphatic carbocycles. The fraction of sp³-hybridized carbons (Fsp3) is 0.208. The first-order valence-electron chi connectivity index (χ1n) is 10.4. The van der Waals surface area contributed by atoms with Crippen molar-refractivity contribution in [3.8, 4) is 0 Å². The molecule has 0 amide bonds. The lowest BCUT2D eigenvalue weighted by atomic mass is 10.1. The van der Waals surface area contributed by atoms with Gasteiger partial charge in [0.05, 0.1) is 34.6 Å². The highest BCUT2D eigenvalue weighted by Gasteiger charge is 2.15. The third-order valence-electron chi connectivity index (χ3n) is 5.44. The van der Waals surface area contributed by atoms with Gasteiger partial charge in [0, 0.05) is 11.8 Å². The van der Waals surface area contributed by atoms with E-state index in [1.807, 2.05) is 30.7 Å². The third kappa shape index (κ3) is 5.31. The van der Waals surface area contributed by atoms with Gasteiger partial charge in [0.15, 0.2) is 10.9 Å². The maximum Gasteiger partial charge on any atom is 0.176 e. The molecule has 0 aliphatic heterocycles. The zero-order valence-corrected chi connectivity index (χ0v) is 21.0. The molecule has 0 radical (unpaired) electrons. The van der Waals surface area contributed by atoms with Crippen LogP contribution in [0.4, 0.5) is 15.9 Å². The normalized spacial score (nSPS) is 10.9. The molecule has 0 fully saturated rings. The fourth-order valence-electron chi connectivity index (χ4n) is 3.60. The highest BCUT2D eigenvalue weighted by atomic mass is 79.9. The number of aryl methyl sites for hydroxylation is 2. The largest absolute Gasteiger partial charge is 0.329 e. The van der Waals surface area contributed by atoms with E-state index in [0.29, 0.717) is 29.6 Å². The van der Waals surface area contributed by atoms with Crippen molar-refractivity contribution in [3.63, 3.8) is 0 Å². The summed E-state index contributed by atoms with van der Waals surface area (Å²) >= 11 is 9.02. The first kappa shape index (κ1) is 23.1. The summed E-state index contributed by atoms with van der Waals surface area (Å²) in [4.78, 5) is 0. The number of nitrogens with one attached hydrogen (secondary N) is 2. The van der Waals surface area contributed by atoms with E-state index >= 15 is 0 Å². The Labute approximate surface area is 205 Å². The van der Waals surface area contributed by atoms with Crippen molar-refractivity contribution in [3.05, 3.63) is 93.1 Å². The Hall–Kier alpha value is -3.04. The zero-order chi connectivity index (χ0) is 23.5. The first-order chi connectivity index (χ1) is 15.8. The average Bonchev–Trinajstić information content (AvgIpc) is 3.24. The second kappa shape index (κ2) is 9.84. The molecule has 4 aromatic rings. The van der Waals surface area contributed by atoms with Crippen LogP contribution in [0.15, 0.2) is 59.2 Å². The molecule has 0 spiro atoms. The van der Waals surface area contributed by atoms with Crippen molar-refractivity contribution in [2.24, 2.45) is 0 Å². The molecule has 6 nitrogen and oxygen atoms in total. The zero-order valence-electron chi connectivity index (χ0n) is 18.6. The summed E-state index contributed by atoms with van der Waals surface area (Å²) in [5, 5.41) is 15.9. The Morgan fingerprint density at radius 3 is 2.39 bits per heavy atom. The summed E-state index contributed by atoms with van der Waals surface area (Å²) in [6.07, 6.45) is 1.79. The molecule has 33 heavy (non-hydrogen) atoms. The first-order valence-corrected chi connectivity index (χ1v) is 11.6. The number of hydrogen-bond acceptors (Lipinski definition) is 3. The Morgan fingerprint density at radius 1 is 0.970 bits per heavy atom. The average molecular weight is 527 g/mol. The van der Waals surface area contributed by atoms with Crippen LogP contribution in [0.2, 0.25) is 0 Å². The van der Waals surface area contributed by atoms with E-state index in [4.69, 9.17) is 12.2 Å². The monoisotopic (exact) mass is 526 g/mol. The summed E-state index contributed by atoms with van der Waals surface area (Å²) in [6.45, 7) is 7.07. The third-order valence-corrected chi connectivity index (χ3v) is 6.22. The van der Waals surface area contributed by atoms with Gasteiger partial charge < -0.3 is 10.6 Å². The quantitative estimate of drug-likeness (QED) is 0.310. The number of benzene rings is 2. The van der Waals surface area contributed by atoms with Crippen LogP contribution in [0.3, 0.4) is 0 Å². The number of anilines is 2. The molecule has 0 atom stereocenters. The van der Waals surface area contributed by atoms with Crippen LogP contribution >= 0.6 is 28.1 Å². The molecular formula is C24H24BrFN6S. The molecule has 2 aromatic heterocycles. The molecule has 2 N–H and O–H groups in total. The predicted molar refractivity (Wildman–Crippen MR) is 137 cm³/mol. The smallest absolute Gasteiger partial charge is 0.176 e. The van der Waals surface area contributed by atoms with Crippen LogP contribution in [-0.2, 0) is 13.1 Å². The van der Waals surface area contributed by atoms with Crippen LogP contribution in [-0.4, -0.2) is 24.7 Å². The van der Waals surface area contributed by atoms with Gasteiger partial charge in [-0.1, -0.05) is 42.5 Å². The molecule has 0 bridgehead atoms. The van der Waals surface area contributed by atoms with Crippen LogP contribution in [0.25, 0.3) is 0 Å². The molecule has 0 aliphatic rings. The van der Waals surface area contributed by atoms with E-state index in [-0.39, 0.29) is 5.82 Å². The number of thiocarbonyl (C=S) groups is 1. The number of halogens is 2. The van der Waals surface area contributed by atoms with Crippen LogP contribution in [0.5, 0.6) is 0 Å². The Bertz CT molecular complexity index is 1310. The van der Waals surface area contributed by atoms with Crippen molar-refractivity contribution < 1.29 is 4.39 Å². The summed E-state index contributed by atoms with van der Waals surface area (Å²) in [7, 11) is 0. The van der Waals surface area contributed by atoms with Crippen molar-refractivity contribution >= 4 is 44.8 Å². The van der Waals surface area contributed by atoms with E-state index in [0.717, 1.165) is 21.5 Å². The van der Waals surface area contributed by atoms with Gasteiger partial charge in [-0.15, -0.1) is 0 Å². The van der Waals surface area contributed by atoms with E-state index in [9.17, 15) is 4.39 Å². The number of hydrogen-bond donors (Lipinski definition) is 2. The molecule has 2 heterocycles. The Kier molecular flexibility index (Phi) is 6.90. The van der Waals surface area contributed by atoms with Gasteiger partial charge in [0.2, 0.25) is 0 Å². The van der Waals surface area contributed by atoms with Crippen molar-refractivity contribution in [2.75, 3.05) is 10.6 Å². The Balaban J connectivity index is 1.45. The predicted octanol–water partition coefficient (Wildman–Crippen LogP) is 5.81. The molecule has 0 unspecified atom stereocenters. The summed E-state index contributed by atoms with van der Waals surface area (Å²) in [5.41, 5.74) is 5.72. The SMILES string of the molecule is Cc1ccccc1Cn1nc(C)c(NC(=S)Nc2nn(Cc3ccccc3F)cc2Br)c1C. The molecule has 170 valence electrons. The molecule has 4 rings (SSSR count). The van der Waals surface area contributed by atoms with E-state index < -0.39 is 0 Å². The standard InChI is InChI=1S/C24H24BrFN6S/c1-15-8-4-5-9-18(15)13-32-17(3)22(16(2)29-32)27-24(33)28-23-20(25)14-31(30-23)12-19-10-6-7-11-21(19)26/h4-11,14H,12-13H2,1-3H3,(H2,27,28,30,33). The maximum atomic E-state index is 14.0. The van der Waals surface area contributed by atoms with Crippen LogP contribution in [0, 0.1) is 26.6 Å². The summed E-state index contributed by atoms with van der Waals surface area (Å²) in [6, 6.07) is 14.9. The van der Waals surface area contributed by atoms with Gasteiger partial charge >= 0.3 is 0 Å². The summed E-state index contributed by atoms with van der Waals surface area (Å²) in [5.74, 6) is 0.288. The number of aromatic nitrogens is 4. The Morgan fingerprint density at radius 2 is 1.67 bits per heavy atom. The minimum absolute atomic E-state index is 0.260. The van der Waals surface area contributed by atoms with Crippen molar-refractivity contribution in [2.45, 2.75) is 33.9 Å². The molecular weight excluding hydrogens is 503 g/mol. The minimum atomic E-state index is -0.260. The highest BCUT2D eigenvalue weighted by molar-refractivity contribution is 9.10. The van der Waals surface area contributed by atoms with Gasteiger partial charge in [0.1, 0.15) is 5.82 Å². The number of rotatable bonds is 6. The van der Waals surface area contributed by atoms with Crippen molar-refractivity contribution in [1.29, 1.82) is 0 Å². The van der Waals surface area contributed by atoms with Crippen LogP contribution < -0.4 is 10.6 Å². The highest BCUT2D eigenvalue weighted by Crippen LogP contribution is 2.24. The van der Waals surface area contributed by atoms with Crippen LogP contribution in [0.1, 0.15) is 28.1 Å². The van der Waals surface area contributed by atoms with Gasteiger partial charge in [-0.3, -0.25) is 9.36 Å². The van der Waals surface area contributed by atoms with Gasteiger partial charge in [-0.2, -0.15) is 10.2 Å². The second-order valence-corrected chi connectivity index (χ2v) is 9.09. The lowest BCUT2D eigenvalue weighted by Gasteiger charge is -2.11. The van der Waals surface area contributed by atoms with Gasteiger partial charge in [0.25, 0.3) is 0 Å². The molecule has 9 heteroatoms. The number of nitrogens with zero attached hydrogens (tertiary/aromatic N) is 4. The van der Waals surface area contributed by atoms with Gasteiger partial charge in [-0.25, -0.2) is 4.39 Å². The fourth-order valence-corrected chi connectivity index (χ4v) is 4.21. The van der Waals surface area contributed by atoms with Gasteiger partial charge in [-0.05, 0) is 66.1 Å². The minimum Gasteiger partial charge on any atom is -0.329 e. The molecule has 0 saturated heterocycles. The second-order valence-electron chi connectivity index (χ2n) is 7.82. The molecule has 0 saturated carbocycles. The van der Waals surface area contributed by atoms with E-state index in [1.54, 1.807) is 29.1 Å². The van der Waals surface area contributed by atoms with Crippen molar-refractivity contribution in [1.82, 2.24) is 19.6 Å². The summed E-state index contributed by atoms with van der Waals surface area (Å²) < 4.78 is 18.3. The van der Waals surface area contributed by atoms with E-state index in [2.05, 4.69) is 55.8 Å². The lowest BCUT2D eigenvalue weighted by Crippen LogP contribution is -2.20. The molecule has 2 aromatic carbocycles. The topological polar surface area (TPSA) is 59.7 Å². The maximum absolute atomic E-state index is 14.0.